The fourth-order valence-electron chi connectivity index (χ4n) is 6.27. The van der Waals surface area contributed by atoms with Crippen LogP contribution in [-0.4, -0.2) is 20.7 Å². The summed E-state index contributed by atoms with van der Waals surface area (Å²) in [7, 11) is 0. The van der Waals surface area contributed by atoms with Crippen molar-refractivity contribution in [2.75, 3.05) is 5.32 Å². The van der Waals surface area contributed by atoms with Gasteiger partial charge in [-0.3, -0.25) is 4.79 Å². The Hall–Kier alpha value is -2.16. The lowest BCUT2D eigenvalue weighted by Crippen LogP contribution is -2.60. The van der Waals surface area contributed by atoms with Gasteiger partial charge >= 0.3 is 6.18 Å². The summed E-state index contributed by atoms with van der Waals surface area (Å²) in [4.78, 5) is 17.3. The molecule has 30 heavy (non-hydrogen) atoms. The molecule has 1 aromatic carbocycles. The van der Waals surface area contributed by atoms with Crippen LogP contribution in [0.25, 0.3) is 0 Å². The van der Waals surface area contributed by atoms with Crippen molar-refractivity contribution in [2.24, 2.45) is 17.3 Å². The van der Waals surface area contributed by atoms with Crippen LogP contribution in [0.3, 0.4) is 0 Å². The van der Waals surface area contributed by atoms with Crippen molar-refractivity contribution >= 4 is 23.2 Å². The van der Waals surface area contributed by atoms with E-state index in [2.05, 4.69) is 15.4 Å². The lowest BCUT2D eigenvalue weighted by atomic mass is 9.46. The van der Waals surface area contributed by atoms with E-state index in [-0.39, 0.29) is 5.28 Å². The first-order valence-electron chi connectivity index (χ1n) is 9.85. The summed E-state index contributed by atoms with van der Waals surface area (Å²) in [6.45, 7) is 0. The van der Waals surface area contributed by atoms with E-state index in [0.717, 1.165) is 25.3 Å². The highest BCUT2D eigenvalue weighted by atomic mass is 35.5. The number of amides is 1. The molecular formula is C20H19ClF4N4O. The molecule has 10 heteroatoms. The molecule has 4 aliphatic rings. The van der Waals surface area contributed by atoms with Gasteiger partial charge in [-0.2, -0.15) is 13.2 Å². The zero-order chi connectivity index (χ0) is 21.3. The van der Waals surface area contributed by atoms with Gasteiger partial charge in [0.1, 0.15) is 12.1 Å². The zero-order valence-electron chi connectivity index (χ0n) is 15.8. The molecule has 4 atom stereocenters. The lowest BCUT2D eigenvalue weighted by molar-refractivity contribution is -0.150. The minimum Gasteiger partial charge on any atom is -0.323 e. The first kappa shape index (κ1) is 19.8. The standard InChI is InChI=1S/C20H19ClF4N4O/c21-17-26-10-29(28-17)19-7-11-3-12(8-19)6-18(5-11,9-19)16(30)27-15-4-13(20(23,24)25)1-2-14(15)22/h1-2,4,10-12H,3,5-9H2,(H,27,30)/t11-,12+,18?,19?. The van der Waals surface area contributed by atoms with Gasteiger partial charge in [0, 0.05) is 0 Å². The van der Waals surface area contributed by atoms with Crippen LogP contribution in [0.4, 0.5) is 23.2 Å². The maximum atomic E-state index is 14.2. The summed E-state index contributed by atoms with van der Waals surface area (Å²) >= 11 is 5.92. The highest BCUT2D eigenvalue weighted by Gasteiger charge is 2.61. The van der Waals surface area contributed by atoms with E-state index in [1.54, 1.807) is 11.0 Å². The molecule has 0 aliphatic heterocycles. The summed E-state index contributed by atoms with van der Waals surface area (Å²) in [5, 5.41) is 6.89. The second-order valence-corrected chi connectivity index (χ2v) is 9.41. The van der Waals surface area contributed by atoms with E-state index in [1.807, 2.05) is 0 Å². The van der Waals surface area contributed by atoms with Crippen LogP contribution in [-0.2, 0) is 16.5 Å². The summed E-state index contributed by atoms with van der Waals surface area (Å²) < 4.78 is 55.1. The normalized spacial score (nSPS) is 32.4. The Labute approximate surface area is 174 Å². The molecule has 1 N–H and O–H groups in total. The molecule has 2 unspecified atom stereocenters. The Morgan fingerprint density at radius 3 is 2.50 bits per heavy atom. The van der Waals surface area contributed by atoms with Gasteiger partial charge in [-0.1, -0.05) is 0 Å². The number of alkyl halides is 3. The fourth-order valence-corrected chi connectivity index (χ4v) is 6.40. The second kappa shape index (κ2) is 6.42. The number of anilines is 1. The van der Waals surface area contributed by atoms with Gasteiger partial charge in [0.2, 0.25) is 11.2 Å². The van der Waals surface area contributed by atoms with Crippen LogP contribution in [0.5, 0.6) is 0 Å². The molecule has 1 amide bonds. The van der Waals surface area contributed by atoms with E-state index in [9.17, 15) is 22.4 Å². The van der Waals surface area contributed by atoms with Crippen molar-refractivity contribution in [2.45, 2.75) is 50.2 Å². The molecular weight excluding hydrogens is 424 g/mol. The molecule has 6 rings (SSSR count). The third-order valence-corrected chi connectivity index (χ3v) is 7.18. The molecule has 4 saturated carbocycles. The maximum absolute atomic E-state index is 14.2. The van der Waals surface area contributed by atoms with Crippen LogP contribution in [0.2, 0.25) is 5.28 Å². The average molecular weight is 443 g/mol. The van der Waals surface area contributed by atoms with Crippen molar-refractivity contribution in [3.63, 3.8) is 0 Å². The third kappa shape index (κ3) is 3.09. The quantitative estimate of drug-likeness (QED) is 0.679. The van der Waals surface area contributed by atoms with Crippen molar-refractivity contribution in [1.29, 1.82) is 0 Å². The largest absolute Gasteiger partial charge is 0.416 e. The number of carbonyl (C=O) groups excluding carboxylic acids is 1. The van der Waals surface area contributed by atoms with E-state index in [1.165, 1.54) is 0 Å². The number of nitrogens with zero attached hydrogens (tertiary/aromatic N) is 3. The Morgan fingerprint density at radius 2 is 1.90 bits per heavy atom. The number of rotatable bonds is 3. The topological polar surface area (TPSA) is 59.8 Å². The molecule has 1 aromatic heterocycles. The maximum Gasteiger partial charge on any atom is 0.416 e. The minimum absolute atomic E-state index is 0.135. The number of hydrogen-bond acceptors (Lipinski definition) is 3. The van der Waals surface area contributed by atoms with Crippen LogP contribution >= 0.6 is 11.6 Å². The third-order valence-electron chi connectivity index (χ3n) is 7.00. The van der Waals surface area contributed by atoms with Gasteiger partial charge in [-0.05, 0) is 80.2 Å². The van der Waals surface area contributed by atoms with E-state index in [4.69, 9.17) is 11.6 Å². The predicted octanol–water partition coefficient (Wildman–Crippen LogP) is 5.02. The first-order chi connectivity index (χ1) is 14.1. The van der Waals surface area contributed by atoms with E-state index >= 15 is 0 Å². The van der Waals surface area contributed by atoms with Gasteiger partial charge in [0.25, 0.3) is 0 Å². The van der Waals surface area contributed by atoms with Gasteiger partial charge in [-0.15, -0.1) is 5.10 Å². The van der Waals surface area contributed by atoms with Gasteiger partial charge in [0.05, 0.1) is 22.2 Å². The van der Waals surface area contributed by atoms with Crippen molar-refractivity contribution in [1.82, 2.24) is 14.8 Å². The first-order valence-corrected chi connectivity index (χ1v) is 10.2. The lowest BCUT2D eigenvalue weighted by Gasteiger charge is -2.60. The Balaban J connectivity index is 1.46. The van der Waals surface area contributed by atoms with Crippen molar-refractivity contribution < 1.29 is 22.4 Å². The Kier molecular flexibility index (Phi) is 4.23. The molecule has 4 bridgehead atoms. The molecule has 5 nitrogen and oxygen atoms in total. The van der Waals surface area contributed by atoms with Crippen LogP contribution < -0.4 is 5.32 Å². The number of benzene rings is 1. The number of halogens is 5. The summed E-state index contributed by atoms with van der Waals surface area (Å²) in [6, 6.07) is 2.05. The molecule has 160 valence electrons. The van der Waals surface area contributed by atoms with Crippen molar-refractivity contribution in [3.8, 4) is 0 Å². The van der Waals surface area contributed by atoms with Gasteiger partial charge < -0.3 is 5.32 Å². The number of carbonyl (C=O) groups is 1. The van der Waals surface area contributed by atoms with Crippen LogP contribution in [0.15, 0.2) is 24.5 Å². The molecule has 4 aliphatic carbocycles. The average Bonchev–Trinajstić information content (AvgIpc) is 3.09. The zero-order valence-corrected chi connectivity index (χ0v) is 16.6. The summed E-state index contributed by atoms with van der Waals surface area (Å²) in [6.07, 6.45) is 1.44. The molecule has 0 spiro atoms. The van der Waals surface area contributed by atoms with Crippen LogP contribution in [0, 0.1) is 23.1 Å². The molecule has 0 radical (unpaired) electrons. The fraction of sp³-hybridized carbons (Fsp3) is 0.550. The monoisotopic (exact) mass is 442 g/mol. The van der Waals surface area contributed by atoms with E-state index in [0.29, 0.717) is 43.2 Å². The van der Waals surface area contributed by atoms with Crippen LogP contribution in [0.1, 0.15) is 44.1 Å². The molecule has 4 fully saturated rings. The second-order valence-electron chi connectivity index (χ2n) is 9.07. The van der Waals surface area contributed by atoms with Gasteiger partial charge in [-0.25, -0.2) is 14.1 Å². The summed E-state index contributed by atoms with van der Waals surface area (Å²) in [5.74, 6) is -0.720. The van der Waals surface area contributed by atoms with Gasteiger partial charge in [0.15, 0.2) is 0 Å². The smallest absolute Gasteiger partial charge is 0.323 e. The highest BCUT2D eigenvalue weighted by Crippen LogP contribution is 2.64. The van der Waals surface area contributed by atoms with Crippen molar-refractivity contribution in [3.05, 3.63) is 41.2 Å². The number of nitrogens with one attached hydrogen (secondary N) is 1. The molecule has 2 aromatic rings. The molecule has 1 heterocycles. The number of hydrogen-bond donors (Lipinski definition) is 1. The highest BCUT2D eigenvalue weighted by molar-refractivity contribution is 6.28. The number of aromatic nitrogens is 3. The SMILES string of the molecule is O=C(Nc1cc(C(F)(F)F)ccc1F)C12C[C@H]3C[C@@H](C1)CC(n1cnc(Cl)n1)(C3)C2. The predicted molar refractivity (Wildman–Crippen MR) is 100 cm³/mol. The Bertz CT molecular complexity index is 1010. The van der Waals surface area contributed by atoms with E-state index < -0.39 is 40.1 Å². The Morgan fingerprint density at radius 1 is 1.20 bits per heavy atom. The summed E-state index contributed by atoms with van der Waals surface area (Å²) in [5.41, 5.74) is -2.61. The minimum atomic E-state index is -4.62. The molecule has 0 saturated heterocycles.